The monoisotopic (exact) mass is 491 g/mol. The summed E-state index contributed by atoms with van der Waals surface area (Å²) in [5, 5.41) is 15.3. The maximum atomic E-state index is 12.2. The molecule has 4 aromatic rings. The zero-order valence-electron chi connectivity index (χ0n) is 17.3. The first-order chi connectivity index (χ1) is 15.6. The topological polar surface area (TPSA) is 100 Å². The van der Waals surface area contributed by atoms with Crippen molar-refractivity contribution in [1.82, 2.24) is 20.3 Å². The molecule has 0 radical (unpaired) electrons. The Balaban J connectivity index is 1.34. The lowest BCUT2D eigenvalue weighted by Gasteiger charge is -2.08. The molecule has 0 atom stereocenters. The Bertz CT molecular complexity index is 1230. The Morgan fingerprint density at radius 1 is 1.00 bits per heavy atom. The minimum absolute atomic E-state index is 0.151. The van der Waals surface area contributed by atoms with E-state index in [0.29, 0.717) is 33.7 Å². The number of benzene rings is 2. The van der Waals surface area contributed by atoms with Crippen LogP contribution < -0.4 is 10.6 Å². The van der Waals surface area contributed by atoms with Crippen LogP contribution in [-0.2, 0) is 6.42 Å². The standard InChI is InChI=1S/C24H22BrN5O2/c25-18-14-17(9-11-21(18)31)20-15-27-19-10-12-22(29-23(19)28-20)30-24(32)26-13-5-4-8-16-6-2-1-3-7-16/h1-3,6-7,9-12,14-15,31H,4-5,8,13H2,(H2,26,28,29,30,32). The Morgan fingerprint density at radius 2 is 1.84 bits per heavy atom. The van der Waals surface area contributed by atoms with Crippen molar-refractivity contribution in [3.63, 3.8) is 0 Å². The predicted molar refractivity (Wildman–Crippen MR) is 129 cm³/mol. The van der Waals surface area contributed by atoms with Gasteiger partial charge in [-0.05, 0) is 71.1 Å². The second kappa shape index (κ2) is 10.2. The number of anilines is 1. The number of carbonyl (C=O) groups is 1. The first kappa shape index (κ1) is 21.7. The number of carbonyl (C=O) groups excluding carboxylic acids is 1. The van der Waals surface area contributed by atoms with Crippen LogP contribution in [0.4, 0.5) is 10.6 Å². The van der Waals surface area contributed by atoms with Crippen LogP contribution in [0.3, 0.4) is 0 Å². The molecule has 3 N–H and O–H groups in total. The summed E-state index contributed by atoms with van der Waals surface area (Å²) in [7, 11) is 0. The molecule has 4 rings (SSSR count). The SMILES string of the molecule is O=C(NCCCCc1ccccc1)Nc1ccc2ncc(-c3ccc(O)c(Br)c3)nc2n1. The molecule has 2 amide bonds. The lowest BCUT2D eigenvalue weighted by Crippen LogP contribution is -2.29. The molecule has 7 nitrogen and oxygen atoms in total. The number of pyridine rings is 1. The van der Waals surface area contributed by atoms with Crippen LogP contribution in [0.5, 0.6) is 5.75 Å². The van der Waals surface area contributed by atoms with E-state index in [2.05, 4.69) is 53.6 Å². The summed E-state index contributed by atoms with van der Waals surface area (Å²) in [6, 6.07) is 18.6. The van der Waals surface area contributed by atoms with E-state index < -0.39 is 0 Å². The highest BCUT2D eigenvalue weighted by molar-refractivity contribution is 9.10. The zero-order chi connectivity index (χ0) is 22.3. The average molecular weight is 492 g/mol. The maximum Gasteiger partial charge on any atom is 0.320 e. The molecule has 0 bridgehead atoms. The number of aryl methyl sites for hydroxylation is 1. The molecular weight excluding hydrogens is 470 g/mol. The van der Waals surface area contributed by atoms with Crippen molar-refractivity contribution in [2.24, 2.45) is 0 Å². The third-order valence-electron chi connectivity index (χ3n) is 4.91. The molecule has 0 aliphatic carbocycles. The van der Waals surface area contributed by atoms with E-state index in [-0.39, 0.29) is 11.8 Å². The van der Waals surface area contributed by atoms with Crippen molar-refractivity contribution in [2.75, 3.05) is 11.9 Å². The van der Waals surface area contributed by atoms with E-state index in [1.165, 1.54) is 5.56 Å². The molecule has 0 spiro atoms. The van der Waals surface area contributed by atoms with Crippen LogP contribution in [0, 0.1) is 0 Å². The average Bonchev–Trinajstić information content (AvgIpc) is 2.81. The van der Waals surface area contributed by atoms with Gasteiger partial charge in [-0.25, -0.2) is 14.8 Å². The van der Waals surface area contributed by atoms with E-state index in [1.54, 1.807) is 36.5 Å². The van der Waals surface area contributed by atoms with Gasteiger partial charge in [-0.3, -0.25) is 10.3 Å². The second-order valence-electron chi connectivity index (χ2n) is 7.28. The summed E-state index contributed by atoms with van der Waals surface area (Å²) in [6.07, 6.45) is 4.54. The summed E-state index contributed by atoms with van der Waals surface area (Å²) >= 11 is 3.31. The highest BCUT2D eigenvalue weighted by Gasteiger charge is 2.09. The van der Waals surface area contributed by atoms with Gasteiger partial charge in [-0.15, -0.1) is 0 Å². The molecule has 0 saturated carbocycles. The van der Waals surface area contributed by atoms with E-state index in [4.69, 9.17) is 0 Å². The van der Waals surface area contributed by atoms with Crippen LogP contribution >= 0.6 is 15.9 Å². The molecular formula is C24H22BrN5O2. The smallest absolute Gasteiger partial charge is 0.320 e. The number of halogens is 1. The van der Waals surface area contributed by atoms with Crippen molar-refractivity contribution in [1.29, 1.82) is 0 Å². The number of phenols is 1. The number of amides is 2. The number of aromatic nitrogens is 3. The van der Waals surface area contributed by atoms with Gasteiger partial charge in [0.1, 0.15) is 17.1 Å². The lowest BCUT2D eigenvalue weighted by atomic mass is 10.1. The second-order valence-corrected chi connectivity index (χ2v) is 8.14. The number of nitrogens with zero attached hydrogens (tertiary/aromatic N) is 3. The molecule has 162 valence electrons. The number of phenolic OH excluding ortho intramolecular Hbond substituents is 1. The van der Waals surface area contributed by atoms with E-state index in [9.17, 15) is 9.90 Å². The van der Waals surface area contributed by atoms with Gasteiger partial charge in [0.05, 0.1) is 16.4 Å². The van der Waals surface area contributed by atoms with Crippen molar-refractivity contribution in [3.8, 4) is 17.0 Å². The summed E-state index contributed by atoms with van der Waals surface area (Å²) in [4.78, 5) is 25.6. The molecule has 0 aliphatic rings. The number of hydrogen-bond donors (Lipinski definition) is 3. The van der Waals surface area contributed by atoms with Gasteiger partial charge in [0.15, 0.2) is 5.65 Å². The van der Waals surface area contributed by atoms with Crippen molar-refractivity contribution < 1.29 is 9.90 Å². The normalized spacial score (nSPS) is 10.8. The zero-order valence-corrected chi connectivity index (χ0v) is 18.8. The molecule has 0 aliphatic heterocycles. The number of nitrogens with one attached hydrogen (secondary N) is 2. The molecule has 0 unspecified atom stereocenters. The Morgan fingerprint density at radius 3 is 2.66 bits per heavy atom. The van der Waals surface area contributed by atoms with E-state index in [0.717, 1.165) is 24.8 Å². The Hall–Kier alpha value is -3.52. The van der Waals surface area contributed by atoms with Gasteiger partial charge < -0.3 is 10.4 Å². The van der Waals surface area contributed by atoms with E-state index in [1.807, 2.05) is 18.2 Å². The third-order valence-corrected chi connectivity index (χ3v) is 5.55. The number of urea groups is 1. The summed E-state index contributed by atoms with van der Waals surface area (Å²) in [5.41, 5.74) is 3.76. The van der Waals surface area contributed by atoms with Gasteiger partial charge in [0.25, 0.3) is 0 Å². The fraction of sp³-hybridized carbons (Fsp3) is 0.167. The van der Waals surface area contributed by atoms with Gasteiger partial charge in [0, 0.05) is 12.1 Å². The number of unbranched alkanes of at least 4 members (excludes halogenated alkanes) is 1. The lowest BCUT2D eigenvalue weighted by molar-refractivity contribution is 0.252. The first-order valence-corrected chi connectivity index (χ1v) is 11.1. The van der Waals surface area contributed by atoms with Crippen LogP contribution in [0.1, 0.15) is 18.4 Å². The number of rotatable bonds is 7. The minimum Gasteiger partial charge on any atom is -0.507 e. The molecule has 8 heteroatoms. The molecule has 32 heavy (non-hydrogen) atoms. The van der Waals surface area contributed by atoms with Gasteiger partial charge >= 0.3 is 6.03 Å². The molecule has 2 aromatic carbocycles. The van der Waals surface area contributed by atoms with Crippen LogP contribution in [-0.4, -0.2) is 32.6 Å². The van der Waals surface area contributed by atoms with Crippen LogP contribution in [0.25, 0.3) is 22.4 Å². The van der Waals surface area contributed by atoms with Gasteiger partial charge in [0.2, 0.25) is 0 Å². The highest BCUT2D eigenvalue weighted by Crippen LogP contribution is 2.29. The van der Waals surface area contributed by atoms with Crippen molar-refractivity contribution in [2.45, 2.75) is 19.3 Å². The summed E-state index contributed by atoms with van der Waals surface area (Å²) in [5.74, 6) is 0.552. The maximum absolute atomic E-state index is 12.2. The largest absolute Gasteiger partial charge is 0.507 e. The van der Waals surface area contributed by atoms with Gasteiger partial charge in [-0.2, -0.15) is 0 Å². The minimum atomic E-state index is -0.303. The Labute approximate surface area is 194 Å². The van der Waals surface area contributed by atoms with E-state index >= 15 is 0 Å². The van der Waals surface area contributed by atoms with Crippen LogP contribution in [0.15, 0.2) is 71.3 Å². The molecule has 2 heterocycles. The molecule has 0 fully saturated rings. The number of aromatic hydroxyl groups is 1. The molecule has 2 aromatic heterocycles. The number of hydrogen-bond acceptors (Lipinski definition) is 5. The fourth-order valence-corrected chi connectivity index (χ4v) is 3.61. The summed E-state index contributed by atoms with van der Waals surface area (Å²) < 4.78 is 0.570. The van der Waals surface area contributed by atoms with Crippen molar-refractivity contribution in [3.05, 3.63) is 76.9 Å². The first-order valence-electron chi connectivity index (χ1n) is 10.3. The Kier molecular flexibility index (Phi) is 6.91. The fourth-order valence-electron chi connectivity index (χ4n) is 3.23. The van der Waals surface area contributed by atoms with Crippen molar-refractivity contribution >= 4 is 38.9 Å². The molecule has 0 saturated heterocycles. The summed E-state index contributed by atoms with van der Waals surface area (Å²) in [6.45, 7) is 0.589. The predicted octanol–water partition coefficient (Wildman–Crippen LogP) is 5.30. The number of fused-ring (bicyclic) bond motifs is 1. The van der Waals surface area contributed by atoms with Crippen LogP contribution in [0.2, 0.25) is 0 Å². The van der Waals surface area contributed by atoms with Gasteiger partial charge in [-0.1, -0.05) is 30.3 Å². The highest BCUT2D eigenvalue weighted by atomic mass is 79.9. The quantitative estimate of drug-likeness (QED) is 0.304. The third kappa shape index (κ3) is 5.59.